The van der Waals surface area contributed by atoms with Crippen LogP contribution in [-0.2, 0) is 9.59 Å². The largest absolute Gasteiger partial charge is 0.273 e. The third kappa shape index (κ3) is 7.30. The molecule has 0 aromatic carbocycles. The fourth-order valence-corrected chi connectivity index (χ4v) is 3.31. The number of halogens is 2. The van der Waals surface area contributed by atoms with Crippen LogP contribution >= 0.6 is 23.2 Å². The molecule has 2 aliphatic rings. The molecule has 0 aromatic rings. The maximum absolute atomic E-state index is 11.7. The van der Waals surface area contributed by atoms with Crippen molar-refractivity contribution in [1.29, 1.82) is 0 Å². The smallest absolute Gasteiger partial charge is 0.240 e. The van der Waals surface area contributed by atoms with E-state index in [1.165, 1.54) is 0 Å². The van der Waals surface area contributed by atoms with Crippen molar-refractivity contribution in [2.75, 3.05) is 0 Å². The van der Waals surface area contributed by atoms with Crippen LogP contribution < -0.4 is 10.9 Å². The van der Waals surface area contributed by atoms with Gasteiger partial charge in [0.1, 0.15) is 0 Å². The average molecular weight is 399 g/mol. The van der Waals surface area contributed by atoms with Gasteiger partial charge in [-0.1, -0.05) is 23.2 Å². The summed E-state index contributed by atoms with van der Waals surface area (Å²) >= 11 is 12.2. The monoisotopic (exact) mass is 398 g/mol. The lowest BCUT2D eigenvalue weighted by Gasteiger charge is -2.12. The van der Waals surface area contributed by atoms with Gasteiger partial charge >= 0.3 is 0 Å². The van der Waals surface area contributed by atoms with Gasteiger partial charge in [0.05, 0.1) is 12.4 Å². The second-order valence-corrected chi connectivity index (χ2v) is 7.27. The van der Waals surface area contributed by atoms with Gasteiger partial charge in [0.15, 0.2) is 0 Å². The zero-order valence-electron chi connectivity index (χ0n) is 14.7. The van der Waals surface area contributed by atoms with Crippen molar-refractivity contribution in [3.63, 3.8) is 0 Å². The molecule has 2 N–H and O–H groups in total. The van der Waals surface area contributed by atoms with E-state index in [1.807, 2.05) is 0 Å². The lowest BCUT2D eigenvalue weighted by Crippen LogP contribution is -2.23. The molecule has 0 aliphatic heterocycles. The molecule has 0 aromatic heterocycles. The fourth-order valence-electron chi connectivity index (χ4n) is 2.76. The van der Waals surface area contributed by atoms with Crippen molar-refractivity contribution >= 4 is 47.4 Å². The van der Waals surface area contributed by atoms with Crippen LogP contribution in [0.3, 0.4) is 0 Å². The Morgan fingerprint density at radius 1 is 0.769 bits per heavy atom. The van der Waals surface area contributed by atoms with E-state index in [0.29, 0.717) is 0 Å². The highest BCUT2D eigenvalue weighted by molar-refractivity contribution is 6.31. The van der Waals surface area contributed by atoms with Gasteiger partial charge < -0.3 is 0 Å². The minimum absolute atomic E-state index is 0.0366. The first-order valence-corrected chi connectivity index (χ1v) is 9.70. The molecule has 0 saturated heterocycles. The summed E-state index contributed by atoms with van der Waals surface area (Å²) in [6.07, 6.45) is 11.0. The zero-order valence-corrected chi connectivity index (χ0v) is 16.2. The summed E-state index contributed by atoms with van der Waals surface area (Å²) in [4.78, 5) is 23.4. The molecule has 26 heavy (non-hydrogen) atoms. The number of hydrogen-bond acceptors (Lipinski definition) is 4. The maximum Gasteiger partial charge on any atom is 0.240 e. The van der Waals surface area contributed by atoms with Gasteiger partial charge in [-0.15, -0.1) is 0 Å². The van der Waals surface area contributed by atoms with Crippen molar-refractivity contribution in [2.45, 2.75) is 64.2 Å². The minimum Gasteiger partial charge on any atom is -0.273 e. The van der Waals surface area contributed by atoms with Crippen molar-refractivity contribution in [3.05, 3.63) is 21.2 Å². The van der Waals surface area contributed by atoms with Crippen LogP contribution in [0.15, 0.2) is 31.4 Å². The van der Waals surface area contributed by atoms with Crippen LogP contribution in [0, 0.1) is 0 Å². The Morgan fingerprint density at radius 3 is 1.54 bits per heavy atom. The first-order chi connectivity index (χ1) is 12.6. The highest BCUT2D eigenvalue weighted by Gasteiger charge is 2.10. The minimum atomic E-state index is -0.328. The summed E-state index contributed by atoms with van der Waals surface area (Å²) in [5, 5.41) is 9.42. The van der Waals surface area contributed by atoms with Crippen LogP contribution in [0.25, 0.3) is 0 Å². The van der Waals surface area contributed by atoms with E-state index < -0.39 is 0 Å². The first kappa shape index (κ1) is 20.6. The van der Waals surface area contributed by atoms with Crippen LogP contribution in [0.4, 0.5) is 0 Å². The molecule has 2 amide bonds. The van der Waals surface area contributed by atoms with Crippen molar-refractivity contribution in [3.8, 4) is 0 Å². The Bertz CT molecular complexity index is 598. The van der Waals surface area contributed by atoms with Gasteiger partial charge in [-0.25, -0.2) is 10.9 Å². The summed E-state index contributed by atoms with van der Waals surface area (Å²) in [6, 6.07) is 0. The number of carbonyl (C=O) groups is 2. The molecular weight excluding hydrogens is 375 g/mol. The maximum atomic E-state index is 11.7. The molecule has 142 valence electrons. The van der Waals surface area contributed by atoms with Gasteiger partial charge in [-0.05, 0) is 62.5 Å². The molecule has 0 saturated carbocycles. The third-order valence-electron chi connectivity index (χ3n) is 4.28. The molecule has 8 heteroatoms. The highest BCUT2D eigenvalue weighted by atomic mass is 35.5. The molecule has 0 bridgehead atoms. The number of rotatable bonds is 7. The fraction of sp³-hybridized carbons (Fsp3) is 0.556. The average Bonchev–Trinajstić information content (AvgIpc) is 2.63. The molecule has 2 rings (SSSR count). The number of amides is 2. The second-order valence-electron chi connectivity index (χ2n) is 6.36. The van der Waals surface area contributed by atoms with Crippen LogP contribution in [-0.4, -0.2) is 24.2 Å². The summed E-state index contributed by atoms with van der Waals surface area (Å²) in [7, 11) is 0. The normalized spacial score (nSPS) is 18.7. The summed E-state index contributed by atoms with van der Waals surface area (Å²) in [5.41, 5.74) is 6.75. The summed E-state index contributed by atoms with van der Waals surface area (Å²) in [5.74, 6) is -0.656. The second kappa shape index (κ2) is 11.1. The number of hydrogen-bond donors (Lipinski definition) is 2. The van der Waals surface area contributed by atoms with E-state index in [9.17, 15) is 9.59 Å². The predicted molar refractivity (Wildman–Crippen MR) is 105 cm³/mol. The molecule has 0 heterocycles. The quantitative estimate of drug-likeness (QED) is 0.499. The van der Waals surface area contributed by atoms with Crippen molar-refractivity contribution in [2.24, 2.45) is 10.2 Å². The van der Waals surface area contributed by atoms with Gasteiger partial charge in [0.2, 0.25) is 11.8 Å². The first-order valence-electron chi connectivity index (χ1n) is 8.95. The third-order valence-corrected chi connectivity index (χ3v) is 5.14. The van der Waals surface area contributed by atoms with Gasteiger partial charge in [0.25, 0.3) is 0 Å². The molecule has 0 radical (unpaired) electrons. The molecule has 0 unspecified atom stereocenters. The SMILES string of the molecule is O=C(CCC(=O)NN=CC1=C(Cl)CCCC1)NN=CC1=C(Cl)CCCC1. The lowest BCUT2D eigenvalue weighted by molar-refractivity contribution is -0.126. The molecular formula is C18H24Cl2N4O2. The number of carbonyl (C=O) groups excluding carboxylic acids is 2. The standard InChI is InChI=1S/C18H24Cl2N4O2/c19-15-7-3-1-5-13(15)11-21-23-17(25)9-10-18(26)24-22-12-14-6-2-4-8-16(14)20/h11-12H,1-10H2,(H,23,25)(H,24,26). The molecule has 2 aliphatic carbocycles. The van der Waals surface area contributed by atoms with Gasteiger partial charge in [-0.3, -0.25) is 9.59 Å². The number of nitrogens with one attached hydrogen (secondary N) is 2. The van der Waals surface area contributed by atoms with E-state index in [1.54, 1.807) is 12.4 Å². The van der Waals surface area contributed by atoms with E-state index in [-0.39, 0.29) is 24.7 Å². The van der Waals surface area contributed by atoms with E-state index in [4.69, 9.17) is 23.2 Å². The van der Waals surface area contributed by atoms with E-state index in [2.05, 4.69) is 21.1 Å². The van der Waals surface area contributed by atoms with Crippen LogP contribution in [0.5, 0.6) is 0 Å². The molecule has 0 fully saturated rings. The Hall–Kier alpha value is -1.66. The zero-order chi connectivity index (χ0) is 18.8. The van der Waals surface area contributed by atoms with Gasteiger partial charge in [-0.2, -0.15) is 10.2 Å². The Labute approximate surface area is 163 Å². The summed E-state index contributed by atoms with van der Waals surface area (Å²) < 4.78 is 0. The van der Waals surface area contributed by atoms with E-state index in [0.717, 1.165) is 72.6 Å². The van der Waals surface area contributed by atoms with Crippen molar-refractivity contribution < 1.29 is 9.59 Å². The summed E-state index contributed by atoms with van der Waals surface area (Å²) in [6.45, 7) is 0. The molecule has 0 atom stereocenters. The van der Waals surface area contributed by atoms with Gasteiger partial charge in [0, 0.05) is 22.9 Å². The highest BCUT2D eigenvalue weighted by Crippen LogP contribution is 2.26. The van der Waals surface area contributed by atoms with Crippen LogP contribution in [0.2, 0.25) is 0 Å². The number of nitrogens with zero attached hydrogens (tertiary/aromatic N) is 2. The predicted octanol–water partition coefficient (Wildman–Crippen LogP) is 4.10. The topological polar surface area (TPSA) is 82.9 Å². The number of allylic oxidation sites excluding steroid dienone is 4. The Balaban J connectivity index is 1.66. The van der Waals surface area contributed by atoms with Crippen molar-refractivity contribution in [1.82, 2.24) is 10.9 Å². The molecule has 6 nitrogen and oxygen atoms in total. The van der Waals surface area contributed by atoms with Crippen LogP contribution in [0.1, 0.15) is 64.2 Å². The molecule has 0 spiro atoms. The lowest BCUT2D eigenvalue weighted by atomic mass is 10.0. The Morgan fingerprint density at radius 2 is 1.15 bits per heavy atom. The number of hydrazone groups is 2. The van der Waals surface area contributed by atoms with E-state index >= 15 is 0 Å². The Kier molecular flexibility index (Phi) is 8.85.